The molecule has 222 valence electrons. The number of anilines is 1. The second-order valence-electron chi connectivity index (χ2n) is 11.8. The molecule has 1 atom stereocenters. The van der Waals surface area contributed by atoms with Crippen molar-refractivity contribution >= 4 is 38.9 Å². The van der Waals surface area contributed by atoms with Crippen molar-refractivity contribution in [3.63, 3.8) is 0 Å². The number of carbonyl (C=O) groups excluding carboxylic acids is 2. The lowest BCUT2D eigenvalue weighted by Gasteiger charge is -2.35. The molecule has 2 aliphatic heterocycles. The number of nitrogens with one attached hydrogen (secondary N) is 2. The van der Waals surface area contributed by atoms with Gasteiger partial charge in [0.25, 0.3) is 0 Å². The van der Waals surface area contributed by atoms with Crippen molar-refractivity contribution < 1.29 is 29.5 Å². The van der Waals surface area contributed by atoms with Crippen molar-refractivity contribution in [1.29, 1.82) is 0 Å². The number of halogens is 3. The molecular formula is C28H39ClF2N4O4S. The molecule has 0 radical (unpaired) electrons. The first kappa shape index (κ1) is 26.9. The van der Waals surface area contributed by atoms with Crippen LogP contribution in [0.15, 0.2) is 18.2 Å². The molecular weight excluding hydrogens is 562 g/mol. The fourth-order valence-electron chi connectivity index (χ4n) is 6.18. The predicted molar refractivity (Wildman–Crippen MR) is 150 cm³/mol. The first-order valence-electron chi connectivity index (χ1n) is 15.1. The van der Waals surface area contributed by atoms with Crippen LogP contribution in [0.4, 0.5) is 14.5 Å². The maximum absolute atomic E-state index is 13.5. The van der Waals surface area contributed by atoms with E-state index in [-0.39, 0.29) is 86.1 Å². The van der Waals surface area contributed by atoms with E-state index in [0.717, 1.165) is 0 Å². The van der Waals surface area contributed by atoms with Crippen LogP contribution in [-0.2, 0) is 25.9 Å². The molecule has 0 bridgehead atoms. The van der Waals surface area contributed by atoms with Gasteiger partial charge in [-0.05, 0) is 67.2 Å². The zero-order valence-corrected chi connectivity index (χ0v) is 24.1. The SMILES string of the molecule is [2H]C([2H])(c1cc(Cl)ccc1NCC1CCS(=O)(=O)CC1)N1CCN(C(=O)CNC(=O)C2CC23CCC(F)(F)CC3)CC1. The summed E-state index contributed by atoms with van der Waals surface area (Å²) in [5.41, 5.74) is 0.639. The lowest BCUT2D eigenvalue weighted by Crippen LogP contribution is -2.51. The first-order valence-corrected chi connectivity index (χ1v) is 16.3. The standard InChI is InChI=1S/C28H39ClF2N4O4S/c29-22-1-2-24(32-17-20-3-13-40(38,39)14-4-20)21(15-22)19-34-9-11-35(12-10-34)25(36)18-33-26(37)23-16-27(23)5-7-28(30,31)8-6-27/h1-2,15,20,23,32H,3-14,16-19H2,(H,33,37)/i19D2. The molecule has 1 aromatic rings. The minimum atomic E-state index is -2.96. The predicted octanol–water partition coefficient (Wildman–Crippen LogP) is 3.55. The summed E-state index contributed by atoms with van der Waals surface area (Å²) >= 11 is 6.25. The van der Waals surface area contributed by atoms with E-state index in [9.17, 15) is 26.8 Å². The number of alkyl halides is 2. The number of carbonyl (C=O) groups is 2. The zero-order valence-electron chi connectivity index (χ0n) is 24.6. The largest absolute Gasteiger partial charge is 0.385 e. The summed E-state index contributed by atoms with van der Waals surface area (Å²) in [6.07, 6.45) is 2.04. The molecule has 2 saturated heterocycles. The fourth-order valence-corrected chi connectivity index (χ4v) is 7.94. The number of sulfone groups is 1. The van der Waals surface area contributed by atoms with Gasteiger partial charge in [0, 0.05) is 71.4 Å². The minimum Gasteiger partial charge on any atom is -0.385 e. The summed E-state index contributed by atoms with van der Waals surface area (Å²) in [6, 6.07) is 5.02. The van der Waals surface area contributed by atoms with Crippen LogP contribution in [0.3, 0.4) is 0 Å². The second-order valence-corrected chi connectivity index (χ2v) is 14.6. The maximum atomic E-state index is 13.5. The van der Waals surface area contributed by atoms with Crippen LogP contribution >= 0.6 is 11.6 Å². The molecule has 8 nitrogen and oxygen atoms in total. The van der Waals surface area contributed by atoms with Gasteiger partial charge in [-0.2, -0.15) is 0 Å². The smallest absolute Gasteiger partial charge is 0.248 e. The third-order valence-corrected chi connectivity index (χ3v) is 11.0. The molecule has 2 amide bonds. The van der Waals surface area contributed by atoms with Gasteiger partial charge in [-0.15, -0.1) is 0 Å². The molecule has 0 aromatic heterocycles. The van der Waals surface area contributed by atoms with E-state index in [1.165, 1.54) is 0 Å². The number of hydrogen-bond acceptors (Lipinski definition) is 6. The van der Waals surface area contributed by atoms with E-state index < -0.39 is 22.3 Å². The van der Waals surface area contributed by atoms with Gasteiger partial charge >= 0.3 is 0 Å². The topological polar surface area (TPSA) is 98.8 Å². The van der Waals surface area contributed by atoms with Gasteiger partial charge in [0.2, 0.25) is 17.7 Å². The lowest BCUT2D eigenvalue weighted by atomic mass is 9.82. The van der Waals surface area contributed by atoms with E-state index in [0.29, 0.717) is 54.9 Å². The summed E-state index contributed by atoms with van der Waals surface area (Å²) in [5.74, 6) is -2.94. The number of piperazine rings is 1. The Morgan fingerprint density at radius 2 is 1.75 bits per heavy atom. The normalized spacial score (nSPS) is 27.0. The third-order valence-electron chi connectivity index (χ3n) is 9.05. The molecule has 1 spiro atoms. The molecule has 2 aliphatic carbocycles. The Morgan fingerprint density at radius 3 is 2.42 bits per heavy atom. The van der Waals surface area contributed by atoms with Crippen molar-refractivity contribution in [3.8, 4) is 0 Å². The second kappa shape index (κ2) is 11.7. The highest BCUT2D eigenvalue weighted by Crippen LogP contribution is 2.63. The Bertz CT molecular complexity index is 1290. The van der Waals surface area contributed by atoms with Crippen LogP contribution in [-0.4, -0.2) is 86.7 Å². The zero-order chi connectivity index (χ0) is 30.3. The average molecular weight is 603 g/mol. The molecule has 1 aromatic carbocycles. The highest BCUT2D eigenvalue weighted by Gasteiger charge is 2.60. The van der Waals surface area contributed by atoms with Gasteiger partial charge in [-0.25, -0.2) is 17.2 Å². The highest BCUT2D eigenvalue weighted by atomic mass is 35.5. The molecule has 4 fully saturated rings. The maximum Gasteiger partial charge on any atom is 0.248 e. The van der Waals surface area contributed by atoms with Crippen molar-refractivity contribution in [2.75, 3.05) is 56.1 Å². The Labute approximate surface area is 242 Å². The van der Waals surface area contributed by atoms with Crippen molar-refractivity contribution in [3.05, 3.63) is 28.8 Å². The lowest BCUT2D eigenvalue weighted by molar-refractivity contribution is -0.135. The third kappa shape index (κ3) is 7.26. The van der Waals surface area contributed by atoms with Crippen molar-refractivity contribution in [2.24, 2.45) is 17.3 Å². The average Bonchev–Trinajstić information content (AvgIpc) is 3.67. The number of nitrogens with zero attached hydrogens (tertiary/aromatic N) is 2. The van der Waals surface area contributed by atoms with Gasteiger partial charge in [0.15, 0.2) is 0 Å². The summed E-state index contributed by atoms with van der Waals surface area (Å²) in [7, 11) is -2.96. The summed E-state index contributed by atoms with van der Waals surface area (Å²) in [5, 5.41) is 6.41. The quantitative estimate of drug-likeness (QED) is 0.472. The molecule has 40 heavy (non-hydrogen) atoms. The molecule has 2 heterocycles. The monoisotopic (exact) mass is 602 g/mol. The molecule has 2 N–H and O–H groups in total. The summed E-state index contributed by atoms with van der Waals surface area (Å²) in [6.45, 7) is -0.392. The van der Waals surface area contributed by atoms with E-state index in [1.54, 1.807) is 28.0 Å². The van der Waals surface area contributed by atoms with E-state index in [2.05, 4.69) is 10.6 Å². The Hall–Kier alpha value is -1.98. The number of rotatable bonds is 8. The van der Waals surface area contributed by atoms with Crippen molar-refractivity contribution in [2.45, 2.75) is 57.4 Å². The number of amides is 2. The summed E-state index contributed by atoms with van der Waals surface area (Å²) in [4.78, 5) is 28.7. The Kier molecular flexibility index (Phi) is 7.88. The Balaban J connectivity index is 1.11. The summed E-state index contributed by atoms with van der Waals surface area (Å²) < 4.78 is 68.5. The Morgan fingerprint density at radius 1 is 1.07 bits per heavy atom. The fraction of sp³-hybridized carbons (Fsp3) is 0.714. The minimum absolute atomic E-state index is 0.167. The number of hydrogen-bond donors (Lipinski definition) is 2. The number of benzene rings is 1. The van der Waals surface area contributed by atoms with Crippen LogP contribution in [0, 0.1) is 17.3 Å². The molecule has 5 rings (SSSR count). The molecule has 2 saturated carbocycles. The van der Waals surface area contributed by atoms with Crippen molar-refractivity contribution in [1.82, 2.24) is 15.1 Å². The van der Waals surface area contributed by atoms with Gasteiger partial charge in [-0.3, -0.25) is 14.5 Å². The van der Waals surface area contributed by atoms with E-state index in [1.807, 2.05) is 0 Å². The first-order chi connectivity index (χ1) is 19.7. The van der Waals surface area contributed by atoms with Gasteiger partial charge in [0.1, 0.15) is 9.84 Å². The van der Waals surface area contributed by atoms with Gasteiger partial charge < -0.3 is 15.5 Å². The van der Waals surface area contributed by atoms with Crippen LogP contribution in [0.2, 0.25) is 5.02 Å². The van der Waals surface area contributed by atoms with Gasteiger partial charge in [0.05, 0.1) is 18.1 Å². The van der Waals surface area contributed by atoms with E-state index >= 15 is 0 Å². The van der Waals surface area contributed by atoms with Gasteiger partial charge in [-0.1, -0.05) is 11.6 Å². The molecule has 4 aliphatic rings. The van der Waals surface area contributed by atoms with Crippen LogP contribution in [0.5, 0.6) is 0 Å². The van der Waals surface area contributed by atoms with Crippen LogP contribution in [0.1, 0.15) is 53.3 Å². The molecule has 12 heteroatoms. The highest BCUT2D eigenvalue weighted by molar-refractivity contribution is 7.91. The molecule has 1 unspecified atom stereocenters. The van der Waals surface area contributed by atoms with Crippen LogP contribution < -0.4 is 10.6 Å². The van der Waals surface area contributed by atoms with E-state index in [4.69, 9.17) is 14.3 Å². The van der Waals surface area contributed by atoms with Crippen LogP contribution in [0.25, 0.3) is 0 Å².